The Labute approximate surface area is 110 Å². The molecule has 0 aliphatic rings. The number of nitrogens with zero attached hydrogens (tertiary/aromatic N) is 1. The third kappa shape index (κ3) is 4.75. The summed E-state index contributed by atoms with van der Waals surface area (Å²) in [4.78, 5) is 10.5. The first kappa shape index (κ1) is 13.9. The Kier molecular flexibility index (Phi) is 5.53. The Balaban J connectivity index is 2.49. The van der Waals surface area contributed by atoms with Gasteiger partial charge in [0.25, 0.3) is 0 Å². The molecular weight excluding hydrogens is 250 g/mol. The van der Waals surface area contributed by atoms with Gasteiger partial charge in [0.1, 0.15) is 0 Å². The van der Waals surface area contributed by atoms with Crippen LogP contribution in [0.3, 0.4) is 0 Å². The van der Waals surface area contributed by atoms with E-state index in [1.165, 1.54) is 18.3 Å². The fourth-order valence-corrected chi connectivity index (χ4v) is 1.21. The summed E-state index contributed by atoms with van der Waals surface area (Å²) in [5, 5.41) is 17.7. The zero-order valence-corrected chi connectivity index (χ0v) is 10.4. The van der Waals surface area contributed by atoms with Gasteiger partial charge in [-0.1, -0.05) is 30.3 Å². The lowest BCUT2D eigenvalue weighted by Crippen LogP contribution is -2.31. The Morgan fingerprint density at radius 1 is 1.44 bits per heavy atom. The molecule has 0 unspecified atom stereocenters. The SMILES string of the molecule is C=CCNC(=S)N/N=C\c1ccc(C(=O)[O-])cc1. The second-order valence-corrected chi connectivity index (χ2v) is 3.69. The van der Waals surface area contributed by atoms with Crippen LogP contribution in [0.5, 0.6) is 0 Å². The summed E-state index contributed by atoms with van der Waals surface area (Å²) in [5.74, 6) is -1.20. The van der Waals surface area contributed by atoms with E-state index in [-0.39, 0.29) is 5.56 Å². The third-order valence-corrected chi connectivity index (χ3v) is 2.17. The first-order valence-corrected chi connectivity index (χ1v) is 5.53. The van der Waals surface area contributed by atoms with Crippen LogP contribution in [-0.4, -0.2) is 23.8 Å². The summed E-state index contributed by atoms with van der Waals surface area (Å²) in [6, 6.07) is 6.14. The predicted molar refractivity (Wildman–Crippen MR) is 72.3 cm³/mol. The maximum absolute atomic E-state index is 10.5. The van der Waals surface area contributed by atoms with Gasteiger partial charge in [0.2, 0.25) is 0 Å². The van der Waals surface area contributed by atoms with Crippen molar-refractivity contribution in [3.8, 4) is 0 Å². The number of carboxylic acids is 1. The number of carbonyl (C=O) groups is 1. The molecule has 94 valence electrons. The maximum Gasteiger partial charge on any atom is 0.187 e. The molecule has 0 amide bonds. The number of nitrogens with one attached hydrogen (secondary N) is 2. The first-order chi connectivity index (χ1) is 8.63. The zero-order chi connectivity index (χ0) is 13.4. The van der Waals surface area contributed by atoms with Crippen LogP contribution < -0.4 is 15.8 Å². The summed E-state index contributed by atoms with van der Waals surface area (Å²) < 4.78 is 0. The normalized spacial score (nSPS) is 10.0. The lowest BCUT2D eigenvalue weighted by atomic mass is 10.1. The predicted octanol–water partition coefficient (Wildman–Crippen LogP) is 0.0341. The van der Waals surface area contributed by atoms with Crippen molar-refractivity contribution in [2.45, 2.75) is 0 Å². The average Bonchev–Trinajstić information content (AvgIpc) is 2.37. The lowest BCUT2D eigenvalue weighted by Gasteiger charge is -2.03. The van der Waals surface area contributed by atoms with Crippen molar-refractivity contribution < 1.29 is 9.90 Å². The molecule has 6 heteroatoms. The molecule has 0 heterocycles. The maximum atomic E-state index is 10.5. The molecule has 0 saturated heterocycles. The molecule has 0 radical (unpaired) electrons. The van der Waals surface area contributed by atoms with Gasteiger partial charge < -0.3 is 15.2 Å². The van der Waals surface area contributed by atoms with E-state index in [2.05, 4.69) is 22.4 Å². The Hall–Kier alpha value is -2.21. The molecule has 0 fully saturated rings. The molecule has 5 nitrogen and oxygen atoms in total. The number of thiocarbonyl (C=S) groups is 1. The molecule has 0 spiro atoms. The number of aromatic carboxylic acids is 1. The van der Waals surface area contributed by atoms with Gasteiger partial charge in [-0.25, -0.2) is 0 Å². The van der Waals surface area contributed by atoms with Crippen molar-refractivity contribution in [1.82, 2.24) is 10.7 Å². The fraction of sp³-hybridized carbons (Fsp3) is 0.0833. The van der Waals surface area contributed by atoms with E-state index in [1.807, 2.05) is 0 Å². The molecule has 1 aromatic carbocycles. The minimum atomic E-state index is -1.20. The van der Waals surface area contributed by atoms with Gasteiger partial charge in [-0.3, -0.25) is 5.43 Å². The lowest BCUT2D eigenvalue weighted by molar-refractivity contribution is -0.255. The summed E-state index contributed by atoms with van der Waals surface area (Å²) in [7, 11) is 0. The molecule has 0 aliphatic heterocycles. The topological polar surface area (TPSA) is 76.5 Å². The van der Waals surface area contributed by atoms with E-state index in [0.29, 0.717) is 11.7 Å². The fourth-order valence-electron chi connectivity index (χ4n) is 1.08. The van der Waals surface area contributed by atoms with E-state index in [4.69, 9.17) is 12.2 Å². The van der Waals surface area contributed by atoms with E-state index in [9.17, 15) is 9.90 Å². The van der Waals surface area contributed by atoms with E-state index < -0.39 is 5.97 Å². The molecule has 2 N–H and O–H groups in total. The Bertz CT molecular complexity index is 469. The van der Waals surface area contributed by atoms with Crippen molar-refractivity contribution >= 4 is 29.5 Å². The molecule has 0 atom stereocenters. The molecule has 0 saturated carbocycles. The van der Waals surface area contributed by atoms with E-state index >= 15 is 0 Å². The van der Waals surface area contributed by atoms with Gasteiger partial charge >= 0.3 is 0 Å². The number of hydrogen-bond donors (Lipinski definition) is 2. The molecule has 1 rings (SSSR count). The van der Waals surface area contributed by atoms with Gasteiger partial charge in [-0.2, -0.15) is 5.10 Å². The summed E-state index contributed by atoms with van der Waals surface area (Å²) in [6.07, 6.45) is 3.21. The van der Waals surface area contributed by atoms with E-state index in [0.717, 1.165) is 5.56 Å². The van der Waals surface area contributed by atoms with Gasteiger partial charge in [-0.05, 0) is 23.3 Å². The average molecular weight is 262 g/mol. The van der Waals surface area contributed by atoms with Crippen molar-refractivity contribution in [1.29, 1.82) is 0 Å². The van der Waals surface area contributed by atoms with Crippen LogP contribution in [-0.2, 0) is 0 Å². The molecule has 0 bridgehead atoms. The second-order valence-electron chi connectivity index (χ2n) is 3.28. The monoisotopic (exact) mass is 262 g/mol. The van der Waals surface area contributed by atoms with Crippen LogP contribution >= 0.6 is 12.2 Å². The van der Waals surface area contributed by atoms with Crippen molar-refractivity contribution in [3.05, 3.63) is 48.0 Å². The van der Waals surface area contributed by atoms with Gasteiger partial charge in [0.05, 0.1) is 12.2 Å². The zero-order valence-electron chi connectivity index (χ0n) is 9.55. The van der Waals surface area contributed by atoms with Crippen molar-refractivity contribution in [2.24, 2.45) is 5.10 Å². The van der Waals surface area contributed by atoms with Crippen LogP contribution in [0, 0.1) is 0 Å². The molecule has 18 heavy (non-hydrogen) atoms. The van der Waals surface area contributed by atoms with E-state index in [1.54, 1.807) is 18.2 Å². The first-order valence-electron chi connectivity index (χ1n) is 5.12. The Morgan fingerprint density at radius 3 is 2.67 bits per heavy atom. The van der Waals surface area contributed by atoms with Gasteiger partial charge in [-0.15, -0.1) is 6.58 Å². The third-order valence-electron chi connectivity index (χ3n) is 1.93. The van der Waals surface area contributed by atoms with Crippen LogP contribution in [0.4, 0.5) is 0 Å². The number of rotatable bonds is 5. The van der Waals surface area contributed by atoms with Gasteiger partial charge in [0.15, 0.2) is 5.11 Å². The smallest absolute Gasteiger partial charge is 0.187 e. The number of carboxylic acid groups (broad SMARTS) is 1. The number of benzene rings is 1. The van der Waals surface area contributed by atoms with Crippen LogP contribution in [0.2, 0.25) is 0 Å². The molecule has 0 aliphatic carbocycles. The minimum absolute atomic E-state index is 0.128. The number of carbonyl (C=O) groups excluding carboxylic acids is 1. The Morgan fingerprint density at radius 2 is 2.11 bits per heavy atom. The van der Waals surface area contributed by atoms with Crippen LogP contribution in [0.25, 0.3) is 0 Å². The van der Waals surface area contributed by atoms with Crippen LogP contribution in [0.1, 0.15) is 15.9 Å². The highest BCUT2D eigenvalue weighted by atomic mass is 32.1. The molecule has 1 aromatic rings. The molecule has 0 aromatic heterocycles. The summed E-state index contributed by atoms with van der Waals surface area (Å²) in [6.45, 7) is 4.10. The van der Waals surface area contributed by atoms with Crippen molar-refractivity contribution in [3.63, 3.8) is 0 Å². The minimum Gasteiger partial charge on any atom is -0.545 e. The standard InChI is InChI=1S/C12H13N3O2S/c1-2-7-13-12(18)15-14-8-9-3-5-10(6-4-9)11(16)17/h2-6,8H,1,7H2,(H,16,17)(H2,13,15,18)/p-1/b14-8-. The number of hydrazone groups is 1. The summed E-state index contributed by atoms with van der Waals surface area (Å²) in [5.41, 5.74) is 3.49. The number of hydrogen-bond acceptors (Lipinski definition) is 4. The van der Waals surface area contributed by atoms with Gasteiger partial charge in [0, 0.05) is 6.54 Å². The summed E-state index contributed by atoms with van der Waals surface area (Å²) >= 11 is 4.92. The second kappa shape index (κ2) is 7.18. The van der Waals surface area contributed by atoms with Crippen molar-refractivity contribution in [2.75, 3.05) is 6.54 Å². The van der Waals surface area contributed by atoms with Crippen LogP contribution in [0.15, 0.2) is 42.0 Å². The highest BCUT2D eigenvalue weighted by Gasteiger charge is 1.93. The largest absolute Gasteiger partial charge is 0.545 e. The molecular formula is C12H12N3O2S-. The highest BCUT2D eigenvalue weighted by molar-refractivity contribution is 7.80. The quantitative estimate of drug-likeness (QED) is 0.339. The highest BCUT2D eigenvalue weighted by Crippen LogP contribution is 2.00.